The van der Waals surface area contributed by atoms with E-state index in [1.807, 2.05) is 23.1 Å². The first-order chi connectivity index (χ1) is 12.6. The van der Waals surface area contributed by atoms with Crippen LogP contribution in [0.1, 0.15) is 25.0 Å². The van der Waals surface area contributed by atoms with E-state index in [2.05, 4.69) is 15.4 Å². The van der Waals surface area contributed by atoms with Gasteiger partial charge in [0.05, 0.1) is 17.2 Å². The van der Waals surface area contributed by atoms with Crippen molar-refractivity contribution in [2.24, 2.45) is 0 Å². The molecule has 1 fully saturated rings. The zero-order chi connectivity index (χ0) is 18.4. The molecule has 1 amide bonds. The summed E-state index contributed by atoms with van der Waals surface area (Å²) >= 11 is 0. The van der Waals surface area contributed by atoms with Crippen molar-refractivity contribution in [3.63, 3.8) is 0 Å². The van der Waals surface area contributed by atoms with E-state index in [0.29, 0.717) is 6.54 Å². The number of carbonyl (C=O) groups excluding carboxylic acids is 1. The fourth-order valence-electron chi connectivity index (χ4n) is 3.16. The molecule has 3 heterocycles. The van der Waals surface area contributed by atoms with Gasteiger partial charge < -0.3 is 10.2 Å². The van der Waals surface area contributed by atoms with Gasteiger partial charge in [0.2, 0.25) is 5.91 Å². The van der Waals surface area contributed by atoms with Crippen LogP contribution in [0, 0.1) is 10.1 Å². The Kier molecular flexibility index (Phi) is 5.90. The van der Waals surface area contributed by atoms with Crippen molar-refractivity contribution in [2.45, 2.75) is 38.4 Å². The number of hydrogen-bond acceptors (Lipinski definition) is 6. The summed E-state index contributed by atoms with van der Waals surface area (Å²) in [4.78, 5) is 29.4. The maximum Gasteiger partial charge on any atom is 0.307 e. The van der Waals surface area contributed by atoms with Crippen LogP contribution in [0.15, 0.2) is 36.8 Å². The van der Waals surface area contributed by atoms with Crippen LogP contribution in [0.5, 0.6) is 0 Å². The first-order valence-electron chi connectivity index (χ1n) is 8.70. The molecule has 9 heteroatoms. The number of aromatic nitrogens is 3. The summed E-state index contributed by atoms with van der Waals surface area (Å²) in [6.45, 7) is 2.22. The Morgan fingerprint density at radius 1 is 1.38 bits per heavy atom. The molecular formula is C17H22N6O3. The second kappa shape index (κ2) is 8.52. The highest BCUT2D eigenvalue weighted by Gasteiger charge is 2.26. The molecule has 2 aromatic heterocycles. The van der Waals surface area contributed by atoms with Crippen molar-refractivity contribution >= 4 is 11.6 Å². The van der Waals surface area contributed by atoms with E-state index < -0.39 is 4.92 Å². The third-order valence-electron chi connectivity index (χ3n) is 4.49. The van der Waals surface area contributed by atoms with Crippen LogP contribution in [0.25, 0.3) is 0 Å². The first-order valence-corrected chi connectivity index (χ1v) is 8.70. The van der Waals surface area contributed by atoms with Gasteiger partial charge in [-0.25, -0.2) is 0 Å². The van der Waals surface area contributed by atoms with Crippen LogP contribution in [0.2, 0.25) is 0 Å². The molecule has 0 spiro atoms. The van der Waals surface area contributed by atoms with Gasteiger partial charge in [0.1, 0.15) is 18.9 Å². The van der Waals surface area contributed by atoms with E-state index in [4.69, 9.17) is 0 Å². The Morgan fingerprint density at radius 3 is 3.00 bits per heavy atom. The zero-order valence-corrected chi connectivity index (χ0v) is 14.5. The SMILES string of the molecule is O=C(Cn1cc([N+](=O)[O-])cn1)N(Cc1ccccn1)C1CCCNCC1. The molecule has 1 aliphatic heterocycles. The highest BCUT2D eigenvalue weighted by atomic mass is 16.6. The van der Waals surface area contributed by atoms with E-state index >= 15 is 0 Å². The number of hydrogen-bond donors (Lipinski definition) is 1. The lowest BCUT2D eigenvalue weighted by Gasteiger charge is -2.31. The highest BCUT2D eigenvalue weighted by Crippen LogP contribution is 2.17. The van der Waals surface area contributed by atoms with Gasteiger partial charge in [0.15, 0.2) is 0 Å². The quantitative estimate of drug-likeness (QED) is 0.617. The molecule has 3 rings (SSSR count). The summed E-state index contributed by atoms with van der Waals surface area (Å²) in [5.41, 5.74) is 0.706. The summed E-state index contributed by atoms with van der Waals surface area (Å²) in [5, 5.41) is 18.1. The first kappa shape index (κ1) is 18.0. The van der Waals surface area contributed by atoms with Crippen LogP contribution in [-0.2, 0) is 17.9 Å². The van der Waals surface area contributed by atoms with Crippen molar-refractivity contribution in [3.8, 4) is 0 Å². The van der Waals surface area contributed by atoms with Gasteiger partial charge in [-0.15, -0.1) is 0 Å². The zero-order valence-electron chi connectivity index (χ0n) is 14.5. The smallest absolute Gasteiger partial charge is 0.307 e. The van der Waals surface area contributed by atoms with Crippen LogP contribution in [0.4, 0.5) is 5.69 Å². The van der Waals surface area contributed by atoms with E-state index in [0.717, 1.165) is 44.2 Å². The number of amides is 1. The molecule has 1 atom stereocenters. The van der Waals surface area contributed by atoms with Crippen molar-refractivity contribution < 1.29 is 9.72 Å². The van der Waals surface area contributed by atoms with Gasteiger partial charge in [0.25, 0.3) is 0 Å². The lowest BCUT2D eigenvalue weighted by atomic mass is 10.1. The number of nitrogens with zero attached hydrogens (tertiary/aromatic N) is 5. The Balaban J connectivity index is 1.76. The molecule has 1 unspecified atom stereocenters. The molecule has 1 N–H and O–H groups in total. The lowest BCUT2D eigenvalue weighted by molar-refractivity contribution is -0.385. The Bertz CT molecular complexity index is 740. The number of nitrogens with one attached hydrogen (secondary N) is 1. The molecule has 1 saturated heterocycles. The predicted octanol–water partition coefficient (Wildman–Crippen LogP) is 1.36. The largest absolute Gasteiger partial charge is 0.332 e. The van der Waals surface area contributed by atoms with Crippen molar-refractivity contribution in [2.75, 3.05) is 13.1 Å². The topological polar surface area (TPSA) is 106 Å². The van der Waals surface area contributed by atoms with Gasteiger partial charge in [-0.05, 0) is 44.5 Å². The molecule has 0 saturated carbocycles. The average Bonchev–Trinajstić information content (AvgIpc) is 2.94. The minimum Gasteiger partial charge on any atom is -0.332 e. The second-order valence-corrected chi connectivity index (χ2v) is 6.33. The van der Waals surface area contributed by atoms with Crippen LogP contribution in [0.3, 0.4) is 0 Å². The van der Waals surface area contributed by atoms with Gasteiger partial charge in [0, 0.05) is 12.2 Å². The molecule has 0 aliphatic carbocycles. The Hall–Kier alpha value is -2.81. The average molecular weight is 358 g/mol. The van der Waals surface area contributed by atoms with Crippen LogP contribution >= 0.6 is 0 Å². The maximum absolute atomic E-state index is 13.0. The van der Waals surface area contributed by atoms with Crippen LogP contribution < -0.4 is 5.32 Å². The number of pyridine rings is 1. The summed E-state index contributed by atoms with van der Waals surface area (Å²) in [6, 6.07) is 5.75. The number of rotatable bonds is 6. The second-order valence-electron chi connectivity index (χ2n) is 6.33. The van der Waals surface area contributed by atoms with E-state index in [-0.39, 0.29) is 24.2 Å². The molecule has 0 bridgehead atoms. The highest BCUT2D eigenvalue weighted by molar-refractivity contribution is 5.76. The fourth-order valence-corrected chi connectivity index (χ4v) is 3.16. The minimum absolute atomic E-state index is 0.0232. The van der Waals surface area contributed by atoms with E-state index in [1.54, 1.807) is 6.20 Å². The summed E-state index contributed by atoms with van der Waals surface area (Å²) in [5.74, 6) is -0.111. The van der Waals surface area contributed by atoms with Crippen molar-refractivity contribution in [3.05, 3.63) is 52.6 Å². The normalized spacial score (nSPS) is 17.5. The predicted molar refractivity (Wildman–Crippen MR) is 94.2 cm³/mol. The van der Waals surface area contributed by atoms with E-state index in [9.17, 15) is 14.9 Å². The van der Waals surface area contributed by atoms with Gasteiger partial charge in [-0.3, -0.25) is 24.6 Å². The van der Waals surface area contributed by atoms with Gasteiger partial charge >= 0.3 is 5.69 Å². The standard InChI is InChI=1S/C17H22N6O3/c24-17(13-21-12-16(10-20-21)23(25)26)22(11-14-4-1-2-8-19-14)15-5-3-7-18-9-6-15/h1-2,4,8,10,12,15,18H,3,5-7,9,11,13H2. The third-order valence-corrected chi connectivity index (χ3v) is 4.49. The summed E-state index contributed by atoms with van der Waals surface area (Å²) in [7, 11) is 0. The van der Waals surface area contributed by atoms with Crippen LogP contribution in [-0.4, -0.2) is 49.6 Å². The van der Waals surface area contributed by atoms with Gasteiger partial charge in [-0.2, -0.15) is 5.10 Å². The van der Waals surface area contributed by atoms with Crippen molar-refractivity contribution in [1.82, 2.24) is 25.0 Å². The molecule has 2 aromatic rings. The maximum atomic E-state index is 13.0. The Morgan fingerprint density at radius 2 is 2.27 bits per heavy atom. The molecule has 1 aliphatic rings. The third kappa shape index (κ3) is 4.63. The lowest BCUT2D eigenvalue weighted by Crippen LogP contribution is -2.42. The fraction of sp³-hybridized carbons (Fsp3) is 0.471. The molecule has 0 aromatic carbocycles. The molecule has 9 nitrogen and oxygen atoms in total. The molecule has 138 valence electrons. The van der Waals surface area contributed by atoms with Gasteiger partial charge in [-0.1, -0.05) is 6.07 Å². The Labute approximate surface area is 151 Å². The summed E-state index contributed by atoms with van der Waals surface area (Å²) in [6.07, 6.45) is 6.95. The van der Waals surface area contributed by atoms with E-state index in [1.165, 1.54) is 10.9 Å². The number of carbonyl (C=O) groups is 1. The summed E-state index contributed by atoms with van der Waals surface area (Å²) < 4.78 is 1.32. The molecule has 26 heavy (non-hydrogen) atoms. The molecular weight excluding hydrogens is 336 g/mol. The minimum atomic E-state index is -0.517. The monoisotopic (exact) mass is 358 g/mol. The number of nitro groups is 1. The van der Waals surface area contributed by atoms with Crippen molar-refractivity contribution in [1.29, 1.82) is 0 Å². The molecule has 0 radical (unpaired) electrons.